The number of nitrogens with one attached hydrogen (secondary N) is 1. The number of carbonyl (C=O) groups is 1. The molecule has 2 aromatic carbocycles. The molecule has 0 spiro atoms. The van der Waals surface area contributed by atoms with Crippen LogP contribution in [0.1, 0.15) is 35.3 Å². The minimum atomic E-state index is -0.509. The van der Waals surface area contributed by atoms with Crippen molar-refractivity contribution in [2.75, 3.05) is 0 Å². The van der Waals surface area contributed by atoms with Crippen LogP contribution in [0.3, 0.4) is 0 Å². The molecule has 1 heterocycles. The third-order valence-electron chi connectivity index (χ3n) is 4.63. The maximum atomic E-state index is 12.9. The fourth-order valence-electron chi connectivity index (χ4n) is 3.04. The van der Waals surface area contributed by atoms with E-state index in [-0.39, 0.29) is 29.7 Å². The van der Waals surface area contributed by atoms with Gasteiger partial charge in [-0.25, -0.2) is 0 Å². The van der Waals surface area contributed by atoms with Crippen LogP contribution in [0, 0.1) is 17.0 Å². The number of benzene rings is 2. The molecule has 1 aromatic heterocycles. The van der Waals surface area contributed by atoms with Gasteiger partial charge in [0.05, 0.1) is 11.5 Å². The second kappa shape index (κ2) is 7.64. The molecule has 0 atom stereocenters. The highest BCUT2D eigenvalue weighted by atomic mass is 16.6. The zero-order valence-electron chi connectivity index (χ0n) is 15.9. The van der Waals surface area contributed by atoms with Crippen LogP contribution >= 0.6 is 0 Å². The van der Waals surface area contributed by atoms with Crippen LogP contribution in [0.25, 0.3) is 10.9 Å². The first-order chi connectivity index (χ1) is 13.3. The second-order valence-corrected chi connectivity index (χ2v) is 7.05. The molecule has 1 amide bonds. The van der Waals surface area contributed by atoms with E-state index in [1.165, 1.54) is 24.3 Å². The number of carbonyl (C=O) groups excluding carboxylic acids is 1. The van der Waals surface area contributed by atoms with Gasteiger partial charge in [0.25, 0.3) is 17.2 Å². The van der Waals surface area contributed by atoms with Gasteiger partial charge in [-0.3, -0.25) is 19.7 Å². The Bertz CT molecular complexity index is 1100. The summed E-state index contributed by atoms with van der Waals surface area (Å²) in [5.74, 6) is -0.284. The molecule has 0 fully saturated rings. The highest BCUT2D eigenvalue weighted by Crippen LogP contribution is 2.18. The maximum absolute atomic E-state index is 12.9. The highest BCUT2D eigenvalue weighted by molar-refractivity contribution is 5.94. The monoisotopic (exact) mass is 379 g/mol. The molecule has 1 N–H and O–H groups in total. The quantitative estimate of drug-likeness (QED) is 0.539. The van der Waals surface area contributed by atoms with Crippen molar-refractivity contribution in [2.24, 2.45) is 0 Å². The minimum Gasteiger partial charge on any atom is -0.332 e. The topological polar surface area (TPSA) is 96.3 Å². The number of aromatic nitrogens is 1. The lowest BCUT2D eigenvalue weighted by Gasteiger charge is -2.26. The van der Waals surface area contributed by atoms with Crippen molar-refractivity contribution < 1.29 is 9.72 Å². The van der Waals surface area contributed by atoms with Gasteiger partial charge in [-0.05, 0) is 56.0 Å². The zero-order chi connectivity index (χ0) is 20.4. The summed E-state index contributed by atoms with van der Waals surface area (Å²) in [7, 11) is 0. The Hall–Kier alpha value is -3.48. The van der Waals surface area contributed by atoms with E-state index < -0.39 is 4.92 Å². The number of pyridine rings is 1. The number of nitro groups is 1. The number of nitrogens with zero attached hydrogens (tertiary/aromatic N) is 2. The number of hydrogen-bond acceptors (Lipinski definition) is 4. The average molecular weight is 379 g/mol. The number of amides is 1. The SMILES string of the molecule is Cc1ccc2cc(CN(C(=O)c3ccc([N+](=O)[O-])cc3)C(C)C)c(=O)[nH]c2c1. The standard InChI is InChI=1S/C21H21N3O4/c1-13(2)23(21(26)15-6-8-18(9-7-15)24(27)28)12-17-11-16-5-4-14(3)10-19(16)22-20(17)25/h4-11,13H,12H2,1-3H3,(H,22,25). The summed E-state index contributed by atoms with van der Waals surface area (Å²) in [6, 6.07) is 12.9. The second-order valence-electron chi connectivity index (χ2n) is 7.05. The maximum Gasteiger partial charge on any atom is 0.269 e. The van der Waals surface area contributed by atoms with Crippen molar-refractivity contribution >= 4 is 22.5 Å². The van der Waals surface area contributed by atoms with Gasteiger partial charge in [0.2, 0.25) is 0 Å². The number of hydrogen-bond donors (Lipinski definition) is 1. The Kier molecular flexibility index (Phi) is 5.26. The third kappa shape index (κ3) is 3.93. The molecule has 0 radical (unpaired) electrons. The summed E-state index contributed by atoms with van der Waals surface area (Å²) in [4.78, 5) is 40.2. The molecule has 3 aromatic rings. The number of rotatable bonds is 5. The summed E-state index contributed by atoms with van der Waals surface area (Å²) in [5.41, 5.74) is 2.32. The zero-order valence-corrected chi connectivity index (χ0v) is 15.9. The largest absolute Gasteiger partial charge is 0.332 e. The fraction of sp³-hybridized carbons (Fsp3) is 0.238. The molecule has 0 aliphatic carbocycles. The predicted molar refractivity (Wildman–Crippen MR) is 107 cm³/mol. The third-order valence-corrected chi connectivity index (χ3v) is 4.63. The molecule has 7 heteroatoms. The van der Waals surface area contributed by atoms with Gasteiger partial charge in [0, 0.05) is 34.8 Å². The molecule has 28 heavy (non-hydrogen) atoms. The molecule has 144 valence electrons. The Balaban J connectivity index is 1.92. The molecule has 0 unspecified atom stereocenters. The van der Waals surface area contributed by atoms with Crippen molar-refractivity contribution in [1.29, 1.82) is 0 Å². The molecular weight excluding hydrogens is 358 g/mol. The van der Waals surface area contributed by atoms with E-state index in [0.29, 0.717) is 11.1 Å². The van der Waals surface area contributed by atoms with Crippen LogP contribution in [0.5, 0.6) is 0 Å². The number of fused-ring (bicyclic) bond motifs is 1. The molecule has 0 saturated heterocycles. The van der Waals surface area contributed by atoms with Crippen LogP contribution in [0.4, 0.5) is 5.69 Å². The lowest BCUT2D eigenvalue weighted by atomic mass is 10.1. The molecule has 0 aliphatic heterocycles. The van der Waals surface area contributed by atoms with Crippen LogP contribution < -0.4 is 5.56 Å². The normalized spacial score (nSPS) is 11.0. The van der Waals surface area contributed by atoms with Crippen molar-refractivity contribution in [1.82, 2.24) is 9.88 Å². The number of non-ortho nitro benzene ring substituents is 1. The van der Waals surface area contributed by atoms with E-state index in [4.69, 9.17) is 0 Å². The van der Waals surface area contributed by atoms with E-state index in [1.807, 2.05) is 39.0 Å². The summed E-state index contributed by atoms with van der Waals surface area (Å²) in [5, 5.41) is 11.7. The smallest absolute Gasteiger partial charge is 0.269 e. The number of nitro benzene ring substituents is 1. The molecule has 3 rings (SSSR count). The lowest BCUT2D eigenvalue weighted by molar-refractivity contribution is -0.384. The lowest BCUT2D eigenvalue weighted by Crippen LogP contribution is -2.38. The highest BCUT2D eigenvalue weighted by Gasteiger charge is 2.21. The Morgan fingerprint density at radius 2 is 1.82 bits per heavy atom. The van der Waals surface area contributed by atoms with Gasteiger partial charge >= 0.3 is 0 Å². The predicted octanol–water partition coefficient (Wildman–Crippen LogP) is 3.80. The summed E-state index contributed by atoms with van der Waals surface area (Å²) >= 11 is 0. The average Bonchev–Trinajstić information content (AvgIpc) is 2.65. The van der Waals surface area contributed by atoms with Crippen molar-refractivity contribution in [3.05, 3.63) is 85.7 Å². The first-order valence-corrected chi connectivity index (χ1v) is 8.94. The first kappa shape index (κ1) is 19.3. The molecule has 0 saturated carbocycles. The summed E-state index contributed by atoms with van der Waals surface area (Å²) in [6.45, 7) is 5.82. The van der Waals surface area contributed by atoms with E-state index in [1.54, 1.807) is 11.0 Å². The van der Waals surface area contributed by atoms with Gasteiger partial charge in [0.15, 0.2) is 0 Å². The first-order valence-electron chi connectivity index (χ1n) is 8.94. The number of aryl methyl sites for hydroxylation is 1. The van der Waals surface area contributed by atoms with Crippen molar-refractivity contribution in [3.8, 4) is 0 Å². The Morgan fingerprint density at radius 1 is 1.14 bits per heavy atom. The summed E-state index contributed by atoms with van der Waals surface area (Å²) < 4.78 is 0. The van der Waals surface area contributed by atoms with Gasteiger partial charge in [-0.2, -0.15) is 0 Å². The van der Waals surface area contributed by atoms with Crippen molar-refractivity contribution in [3.63, 3.8) is 0 Å². The molecule has 0 aliphatic rings. The van der Waals surface area contributed by atoms with Crippen LogP contribution in [0.2, 0.25) is 0 Å². The number of aromatic amines is 1. The van der Waals surface area contributed by atoms with Crippen LogP contribution in [0.15, 0.2) is 53.3 Å². The van der Waals surface area contributed by atoms with E-state index in [2.05, 4.69) is 4.98 Å². The van der Waals surface area contributed by atoms with E-state index >= 15 is 0 Å². The van der Waals surface area contributed by atoms with Gasteiger partial charge in [0.1, 0.15) is 0 Å². The molecule has 7 nitrogen and oxygen atoms in total. The minimum absolute atomic E-state index is 0.0751. The van der Waals surface area contributed by atoms with E-state index in [0.717, 1.165) is 16.5 Å². The number of H-pyrrole nitrogens is 1. The summed E-state index contributed by atoms with van der Waals surface area (Å²) in [6.07, 6.45) is 0. The molecule has 0 bridgehead atoms. The Morgan fingerprint density at radius 3 is 2.43 bits per heavy atom. The van der Waals surface area contributed by atoms with Gasteiger partial charge in [-0.15, -0.1) is 0 Å². The van der Waals surface area contributed by atoms with Crippen LogP contribution in [-0.4, -0.2) is 26.8 Å². The fourth-order valence-corrected chi connectivity index (χ4v) is 3.04. The van der Waals surface area contributed by atoms with Gasteiger partial charge in [-0.1, -0.05) is 12.1 Å². The van der Waals surface area contributed by atoms with Gasteiger partial charge < -0.3 is 9.88 Å². The Labute approximate surface area is 161 Å². The van der Waals surface area contributed by atoms with E-state index in [9.17, 15) is 19.7 Å². The van der Waals surface area contributed by atoms with Crippen LogP contribution in [-0.2, 0) is 6.54 Å². The van der Waals surface area contributed by atoms with Crippen molar-refractivity contribution in [2.45, 2.75) is 33.4 Å². The molecular formula is C21H21N3O4.